The number of nitrogens with one attached hydrogen (secondary N) is 1. The Labute approximate surface area is 193 Å². The average molecular weight is 560 g/mol. The number of thiophene rings is 1. The lowest BCUT2D eigenvalue weighted by Gasteiger charge is -2.53. The van der Waals surface area contributed by atoms with Crippen molar-refractivity contribution in [3.63, 3.8) is 0 Å². The van der Waals surface area contributed by atoms with Crippen LogP contribution in [0.15, 0.2) is 46.7 Å². The van der Waals surface area contributed by atoms with Crippen molar-refractivity contribution < 1.29 is 19.5 Å². The fraction of sp³-hybridized carbons (Fsp3) is 0.316. The third-order valence-corrected chi connectivity index (χ3v) is 10.1. The van der Waals surface area contributed by atoms with E-state index >= 15 is 0 Å². The summed E-state index contributed by atoms with van der Waals surface area (Å²) < 4.78 is -0.124. The molecule has 0 saturated carbocycles. The molecule has 2 aromatic rings. The van der Waals surface area contributed by atoms with Gasteiger partial charge in [-0.05, 0) is 46.2 Å². The van der Waals surface area contributed by atoms with Gasteiger partial charge in [0, 0.05) is 25.6 Å². The lowest BCUT2D eigenvalue weighted by atomic mass is 10.0. The minimum atomic E-state index is -1.11. The maximum atomic E-state index is 12.7. The molecule has 4 rings (SSSR count). The zero-order valence-corrected chi connectivity index (χ0v) is 19.6. The van der Waals surface area contributed by atoms with Gasteiger partial charge in [0.1, 0.15) is 16.2 Å². The van der Waals surface area contributed by atoms with Crippen molar-refractivity contribution in [2.75, 3.05) is 12.3 Å². The topological polar surface area (TPSA) is 86.7 Å². The summed E-state index contributed by atoms with van der Waals surface area (Å²) in [6.45, 7) is 0.131. The van der Waals surface area contributed by atoms with Crippen LogP contribution in [0.4, 0.5) is 0 Å². The first kappa shape index (κ1) is 21.0. The molecule has 152 valence electrons. The second-order valence-corrected chi connectivity index (χ2v) is 11.5. The van der Waals surface area contributed by atoms with E-state index in [-0.39, 0.29) is 30.2 Å². The van der Waals surface area contributed by atoms with Gasteiger partial charge in [0.25, 0.3) is 0 Å². The van der Waals surface area contributed by atoms with Gasteiger partial charge in [0.05, 0.1) is 6.42 Å². The predicted molar refractivity (Wildman–Crippen MR) is 123 cm³/mol. The van der Waals surface area contributed by atoms with Crippen molar-refractivity contribution in [2.45, 2.75) is 27.5 Å². The second-order valence-electron chi connectivity index (χ2n) is 6.80. The molecular weight excluding hydrogens is 543 g/mol. The Morgan fingerprint density at radius 1 is 1.31 bits per heavy atom. The molecule has 2 amide bonds. The molecule has 29 heavy (non-hydrogen) atoms. The maximum Gasteiger partial charge on any atom is 0.322 e. The first-order chi connectivity index (χ1) is 13.9. The standard InChI is InChI=1S/C19H17IN2O4S3/c20-12-5-1-2-6-13(12)29-19(18(25)26)9-22-16(24)15(17(22)28-10-19)21-14(23)8-11-4-3-7-27-11/h1-7,15,17H,8-10H2,(H,21,23)(H,25,26)/t15-,17-,19?/m1/s1. The normalized spacial score (nSPS) is 25.8. The summed E-state index contributed by atoms with van der Waals surface area (Å²) in [5, 5.41) is 14.5. The van der Waals surface area contributed by atoms with Gasteiger partial charge in [-0.25, -0.2) is 0 Å². The number of aliphatic carboxylic acids is 1. The summed E-state index contributed by atoms with van der Waals surface area (Å²) >= 11 is 6.42. The first-order valence-corrected chi connectivity index (χ1v) is 12.6. The van der Waals surface area contributed by atoms with Crippen molar-refractivity contribution >= 4 is 75.2 Å². The number of thioether (sulfide) groups is 2. The lowest BCUT2D eigenvalue weighted by Crippen LogP contribution is -2.74. The smallest absolute Gasteiger partial charge is 0.322 e. The van der Waals surface area contributed by atoms with E-state index in [0.29, 0.717) is 5.75 Å². The maximum absolute atomic E-state index is 12.7. The van der Waals surface area contributed by atoms with Crippen LogP contribution in [0, 0.1) is 3.57 Å². The summed E-state index contributed by atoms with van der Waals surface area (Å²) in [5.74, 6) is -0.958. The van der Waals surface area contributed by atoms with Crippen LogP contribution >= 0.6 is 57.5 Å². The van der Waals surface area contributed by atoms with E-state index in [0.717, 1.165) is 13.3 Å². The molecule has 0 bridgehead atoms. The van der Waals surface area contributed by atoms with Gasteiger partial charge >= 0.3 is 5.97 Å². The highest BCUT2D eigenvalue weighted by Gasteiger charge is 2.58. The number of carboxylic acids is 1. The Balaban J connectivity index is 1.43. The summed E-state index contributed by atoms with van der Waals surface area (Å²) in [6, 6.07) is 10.8. The van der Waals surface area contributed by atoms with Gasteiger partial charge in [-0.3, -0.25) is 14.4 Å². The number of amides is 2. The van der Waals surface area contributed by atoms with Crippen molar-refractivity contribution in [1.82, 2.24) is 10.2 Å². The molecule has 3 heterocycles. The van der Waals surface area contributed by atoms with Gasteiger partial charge in [0.2, 0.25) is 11.8 Å². The number of halogens is 1. The van der Waals surface area contributed by atoms with Crippen molar-refractivity contribution in [2.24, 2.45) is 0 Å². The number of β-lactam (4-membered cyclic amide) rings is 1. The van der Waals surface area contributed by atoms with Crippen LogP contribution in [0.25, 0.3) is 0 Å². The Morgan fingerprint density at radius 2 is 2.10 bits per heavy atom. The van der Waals surface area contributed by atoms with Gasteiger partial charge in [-0.2, -0.15) is 0 Å². The van der Waals surface area contributed by atoms with E-state index in [2.05, 4.69) is 27.9 Å². The molecule has 2 saturated heterocycles. The zero-order chi connectivity index (χ0) is 20.6. The number of fused-ring (bicyclic) bond motifs is 1. The number of nitrogens with zero attached hydrogens (tertiary/aromatic N) is 1. The van der Waals surface area contributed by atoms with E-state index in [9.17, 15) is 19.5 Å². The molecule has 3 atom stereocenters. The van der Waals surface area contributed by atoms with E-state index in [1.54, 1.807) is 4.90 Å². The average Bonchev–Trinajstić information content (AvgIpc) is 3.20. The molecule has 0 radical (unpaired) electrons. The van der Waals surface area contributed by atoms with Gasteiger partial charge in [0.15, 0.2) is 0 Å². The van der Waals surface area contributed by atoms with Crippen LogP contribution < -0.4 is 5.32 Å². The number of carbonyl (C=O) groups is 3. The largest absolute Gasteiger partial charge is 0.480 e. The zero-order valence-electron chi connectivity index (χ0n) is 15.0. The third-order valence-electron chi connectivity index (χ3n) is 4.82. The number of carbonyl (C=O) groups excluding carboxylic acids is 2. The first-order valence-electron chi connectivity index (χ1n) is 8.80. The highest BCUT2D eigenvalue weighted by Crippen LogP contribution is 2.47. The van der Waals surface area contributed by atoms with Crippen LogP contribution in [0.1, 0.15) is 4.88 Å². The monoisotopic (exact) mass is 560 g/mol. The molecular formula is C19H17IN2O4S3. The Bertz CT molecular complexity index is 955. The number of benzene rings is 1. The van der Waals surface area contributed by atoms with Crippen LogP contribution in [-0.4, -0.2) is 56.3 Å². The molecule has 1 aromatic carbocycles. The molecule has 10 heteroatoms. The van der Waals surface area contributed by atoms with Crippen molar-refractivity contribution in [1.29, 1.82) is 0 Å². The molecule has 2 aliphatic heterocycles. The van der Waals surface area contributed by atoms with Crippen molar-refractivity contribution in [3.8, 4) is 0 Å². The van der Waals surface area contributed by atoms with E-state index < -0.39 is 16.8 Å². The Kier molecular flexibility index (Phi) is 6.14. The van der Waals surface area contributed by atoms with Crippen LogP contribution in [-0.2, 0) is 20.8 Å². The summed E-state index contributed by atoms with van der Waals surface area (Å²) in [7, 11) is 0. The van der Waals surface area contributed by atoms with E-state index in [4.69, 9.17) is 0 Å². The predicted octanol–water partition coefficient (Wildman–Crippen LogP) is 2.91. The lowest BCUT2D eigenvalue weighted by molar-refractivity contribution is -0.152. The number of hydrogen-bond acceptors (Lipinski definition) is 6. The van der Waals surface area contributed by atoms with E-state index in [1.165, 1.54) is 34.9 Å². The minimum absolute atomic E-state index is 0.131. The van der Waals surface area contributed by atoms with E-state index in [1.807, 2.05) is 41.8 Å². The molecule has 2 aliphatic rings. The molecule has 0 aliphatic carbocycles. The Hall–Kier alpha value is -1.24. The summed E-state index contributed by atoms with van der Waals surface area (Å²) in [6.07, 6.45) is 0.250. The number of hydrogen-bond donors (Lipinski definition) is 2. The highest BCUT2D eigenvalue weighted by atomic mass is 127. The third kappa shape index (κ3) is 4.17. The number of rotatable bonds is 6. The molecule has 0 spiro atoms. The molecule has 1 unspecified atom stereocenters. The minimum Gasteiger partial charge on any atom is -0.480 e. The fourth-order valence-electron chi connectivity index (χ4n) is 3.32. The quantitative estimate of drug-likeness (QED) is 0.418. The van der Waals surface area contributed by atoms with Crippen LogP contribution in [0.2, 0.25) is 0 Å². The number of carboxylic acid groups (broad SMARTS) is 1. The van der Waals surface area contributed by atoms with Crippen LogP contribution in [0.3, 0.4) is 0 Å². The summed E-state index contributed by atoms with van der Waals surface area (Å²) in [5.41, 5.74) is 0. The molecule has 6 nitrogen and oxygen atoms in total. The highest BCUT2D eigenvalue weighted by molar-refractivity contribution is 14.1. The van der Waals surface area contributed by atoms with Gasteiger partial charge in [-0.15, -0.1) is 34.9 Å². The summed E-state index contributed by atoms with van der Waals surface area (Å²) in [4.78, 5) is 40.5. The SMILES string of the molecule is O=C(Cc1cccs1)N[C@@H]1C(=O)N2CC(Sc3ccccc3I)(C(=O)O)CS[C@H]12. The van der Waals surface area contributed by atoms with Gasteiger partial charge in [-0.1, -0.05) is 18.2 Å². The molecule has 2 N–H and O–H groups in total. The van der Waals surface area contributed by atoms with Gasteiger partial charge < -0.3 is 15.3 Å². The molecule has 1 aromatic heterocycles. The Morgan fingerprint density at radius 3 is 2.79 bits per heavy atom. The van der Waals surface area contributed by atoms with Crippen LogP contribution in [0.5, 0.6) is 0 Å². The fourth-order valence-corrected chi connectivity index (χ4v) is 7.60. The van der Waals surface area contributed by atoms with Crippen molar-refractivity contribution in [3.05, 3.63) is 50.2 Å². The molecule has 2 fully saturated rings. The second kappa shape index (κ2) is 8.48.